The van der Waals surface area contributed by atoms with Crippen LogP contribution in [0.4, 0.5) is 8.78 Å². The molecule has 0 atom stereocenters. The first-order valence-electron chi connectivity index (χ1n) is 14.5. The Kier molecular flexibility index (Phi) is 7.93. The normalized spacial score (nSPS) is 13.4. The third-order valence-corrected chi connectivity index (χ3v) is 8.09. The second-order valence-electron chi connectivity index (χ2n) is 10.8. The van der Waals surface area contributed by atoms with Gasteiger partial charge >= 0.3 is 11.9 Å². The summed E-state index contributed by atoms with van der Waals surface area (Å²) in [6.07, 6.45) is 1.06. The monoisotopic (exact) mass is 609 g/mol. The lowest BCUT2D eigenvalue weighted by atomic mass is 9.93. The molecule has 1 saturated carbocycles. The lowest BCUT2D eigenvalue weighted by Gasteiger charge is -2.24. The molecule has 1 aliphatic rings. The van der Waals surface area contributed by atoms with Crippen molar-refractivity contribution >= 4 is 22.8 Å². The fourth-order valence-corrected chi connectivity index (χ4v) is 5.59. The van der Waals surface area contributed by atoms with Gasteiger partial charge < -0.3 is 18.8 Å². The van der Waals surface area contributed by atoms with E-state index >= 15 is 8.78 Å². The van der Waals surface area contributed by atoms with Gasteiger partial charge in [-0.25, -0.2) is 13.6 Å². The van der Waals surface area contributed by atoms with Gasteiger partial charge in [-0.05, 0) is 55.2 Å². The van der Waals surface area contributed by atoms with Crippen molar-refractivity contribution in [3.63, 3.8) is 0 Å². The molecule has 0 aliphatic heterocycles. The van der Waals surface area contributed by atoms with Gasteiger partial charge in [-0.2, -0.15) is 0 Å². The molecule has 0 N–H and O–H groups in total. The van der Waals surface area contributed by atoms with E-state index in [0.717, 1.165) is 23.3 Å². The summed E-state index contributed by atoms with van der Waals surface area (Å²) >= 11 is 0. The van der Waals surface area contributed by atoms with Crippen molar-refractivity contribution in [3.05, 3.63) is 141 Å². The van der Waals surface area contributed by atoms with Crippen LogP contribution in [0.1, 0.15) is 52.9 Å². The number of rotatable bonds is 9. The second-order valence-corrected chi connectivity index (χ2v) is 10.8. The number of halogens is 2. The van der Waals surface area contributed by atoms with Gasteiger partial charge in [0.25, 0.3) is 0 Å². The molecule has 4 aromatic carbocycles. The van der Waals surface area contributed by atoms with E-state index in [0.29, 0.717) is 12.8 Å². The van der Waals surface area contributed by atoms with E-state index in [2.05, 4.69) is 0 Å². The summed E-state index contributed by atoms with van der Waals surface area (Å²) in [6, 6.07) is 25.0. The first-order chi connectivity index (χ1) is 21.8. The maximum atomic E-state index is 16.0. The van der Waals surface area contributed by atoms with E-state index < -0.39 is 40.5 Å². The molecule has 0 saturated heterocycles. The number of carbonyl (C=O) groups excluding carboxylic acids is 2. The molecule has 1 aliphatic carbocycles. The largest absolute Gasteiger partial charge is 0.497 e. The smallest absolute Gasteiger partial charge is 0.343 e. The Morgan fingerprint density at radius 3 is 2.09 bits per heavy atom. The van der Waals surface area contributed by atoms with Gasteiger partial charge in [0.1, 0.15) is 17.1 Å². The molecule has 0 amide bonds. The molecule has 6 rings (SSSR count). The molecule has 9 heteroatoms. The molecule has 0 radical (unpaired) electrons. The van der Waals surface area contributed by atoms with E-state index in [4.69, 9.17) is 14.2 Å². The van der Waals surface area contributed by atoms with Crippen LogP contribution in [0.3, 0.4) is 0 Å². The third-order valence-electron chi connectivity index (χ3n) is 8.09. The van der Waals surface area contributed by atoms with Gasteiger partial charge in [0.2, 0.25) is 5.43 Å². The minimum Gasteiger partial charge on any atom is -0.497 e. The van der Waals surface area contributed by atoms with Crippen LogP contribution in [0.5, 0.6) is 5.75 Å². The third kappa shape index (κ3) is 5.46. The van der Waals surface area contributed by atoms with Gasteiger partial charge in [-0.1, -0.05) is 60.7 Å². The first-order valence-corrected chi connectivity index (χ1v) is 14.5. The van der Waals surface area contributed by atoms with Crippen LogP contribution in [0.15, 0.2) is 102 Å². The molecule has 1 heterocycles. The second kappa shape index (κ2) is 12.0. The Bertz CT molecular complexity index is 1930. The maximum absolute atomic E-state index is 16.0. The minimum absolute atomic E-state index is 0.00189. The summed E-state index contributed by atoms with van der Waals surface area (Å²) in [6.45, 7) is 1.58. The van der Waals surface area contributed by atoms with Gasteiger partial charge in [-0.15, -0.1) is 0 Å². The van der Waals surface area contributed by atoms with Crippen LogP contribution >= 0.6 is 0 Å². The lowest BCUT2D eigenvalue weighted by molar-refractivity contribution is -0.150. The summed E-state index contributed by atoms with van der Waals surface area (Å²) in [5.74, 6) is -2.82. The van der Waals surface area contributed by atoms with Gasteiger partial charge in [0, 0.05) is 23.2 Å². The Labute approximate surface area is 257 Å². The lowest BCUT2D eigenvalue weighted by Crippen LogP contribution is -2.27. The summed E-state index contributed by atoms with van der Waals surface area (Å²) in [7, 11) is 1.39. The molecule has 0 unspecified atom stereocenters. The van der Waals surface area contributed by atoms with Crippen LogP contribution in [0, 0.1) is 11.6 Å². The molecule has 1 aromatic heterocycles. The zero-order valence-corrected chi connectivity index (χ0v) is 24.6. The summed E-state index contributed by atoms with van der Waals surface area (Å²) in [4.78, 5) is 40.1. The number of hydrogen-bond acceptors (Lipinski definition) is 6. The highest BCUT2D eigenvalue weighted by molar-refractivity contribution is 5.95. The number of nitrogens with zero attached hydrogens (tertiary/aromatic N) is 1. The Morgan fingerprint density at radius 2 is 1.53 bits per heavy atom. The molecule has 228 valence electrons. The van der Waals surface area contributed by atoms with E-state index in [1.165, 1.54) is 36.1 Å². The summed E-state index contributed by atoms with van der Waals surface area (Å²) in [5, 5.41) is -0.173. The number of ether oxygens (including phenoxy) is 3. The van der Waals surface area contributed by atoms with Crippen LogP contribution in [-0.4, -0.2) is 30.2 Å². The van der Waals surface area contributed by atoms with Crippen molar-refractivity contribution in [3.8, 4) is 11.4 Å². The Morgan fingerprint density at radius 1 is 0.889 bits per heavy atom. The average Bonchev–Trinajstić information content (AvgIpc) is 3.87. The number of fused-ring (bicyclic) bond motifs is 1. The predicted octanol–water partition coefficient (Wildman–Crippen LogP) is 6.82. The number of carbonyl (C=O) groups is 2. The highest BCUT2D eigenvalue weighted by Crippen LogP contribution is 2.51. The van der Waals surface area contributed by atoms with Crippen molar-refractivity contribution in [2.24, 2.45) is 0 Å². The fourth-order valence-electron chi connectivity index (χ4n) is 5.59. The number of benzene rings is 4. The zero-order valence-electron chi connectivity index (χ0n) is 24.6. The summed E-state index contributed by atoms with van der Waals surface area (Å²) in [5.41, 5.74) is -0.880. The average molecular weight is 610 g/mol. The van der Waals surface area contributed by atoms with Crippen LogP contribution in [0.2, 0.25) is 0 Å². The zero-order chi connectivity index (χ0) is 31.7. The van der Waals surface area contributed by atoms with Crippen molar-refractivity contribution < 1.29 is 32.6 Å². The highest BCUT2D eigenvalue weighted by Gasteiger charge is 2.55. The number of hydrogen-bond donors (Lipinski definition) is 0. The Hall–Kier alpha value is -5.31. The molecule has 0 bridgehead atoms. The minimum atomic E-state index is -1.32. The van der Waals surface area contributed by atoms with Gasteiger partial charge in [-0.3, -0.25) is 9.59 Å². The SMILES string of the molecule is CCOC(=O)c1cn(-c2ccc(OC)cc2F)c2cc(C3(C(=O)OC(c4ccccc4)c4ccccc4)CC3)c(F)cc2c1=O. The van der Waals surface area contributed by atoms with E-state index in [-0.39, 0.29) is 40.1 Å². The Balaban J connectivity index is 1.49. The number of pyridine rings is 1. The standard InChI is InChI=1S/C36H29F2NO6/c1-3-44-34(41)26-21-39(30-15-14-24(43-2)18-29(30)38)31-20-27(28(37)19-25(31)32(26)40)36(16-17-36)35(42)45-33(22-10-6-4-7-11-22)23-12-8-5-9-13-23/h4-15,18-21,33H,3,16-17H2,1-2H3. The van der Waals surface area contributed by atoms with Crippen LogP contribution in [-0.2, 0) is 19.7 Å². The molecule has 1 fully saturated rings. The number of esters is 2. The van der Waals surface area contributed by atoms with Crippen LogP contribution in [0.25, 0.3) is 16.6 Å². The molecular formula is C36H29F2NO6. The number of methoxy groups -OCH3 is 1. The van der Waals surface area contributed by atoms with Crippen molar-refractivity contribution in [1.82, 2.24) is 4.57 Å². The molecule has 5 aromatic rings. The van der Waals surface area contributed by atoms with Crippen LogP contribution < -0.4 is 10.2 Å². The topological polar surface area (TPSA) is 83.8 Å². The molecular weight excluding hydrogens is 580 g/mol. The molecule has 0 spiro atoms. The van der Waals surface area contributed by atoms with E-state index in [9.17, 15) is 14.4 Å². The maximum Gasteiger partial charge on any atom is 0.343 e. The van der Waals surface area contributed by atoms with Gasteiger partial charge in [0.15, 0.2) is 11.9 Å². The first kappa shape index (κ1) is 29.7. The highest BCUT2D eigenvalue weighted by atomic mass is 19.1. The van der Waals surface area contributed by atoms with Gasteiger partial charge in [0.05, 0.1) is 30.3 Å². The van der Waals surface area contributed by atoms with Crippen molar-refractivity contribution in [1.29, 1.82) is 0 Å². The fraction of sp³-hybridized carbons (Fsp3) is 0.194. The summed E-state index contributed by atoms with van der Waals surface area (Å²) < 4.78 is 49.0. The molecule has 45 heavy (non-hydrogen) atoms. The van der Waals surface area contributed by atoms with Crippen molar-refractivity contribution in [2.75, 3.05) is 13.7 Å². The van der Waals surface area contributed by atoms with E-state index in [1.54, 1.807) is 6.92 Å². The molecule has 7 nitrogen and oxygen atoms in total. The quantitative estimate of drug-likeness (QED) is 0.171. The predicted molar refractivity (Wildman–Crippen MR) is 164 cm³/mol. The van der Waals surface area contributed by atoms with E-state index in [1.807, 2.05) is 60.7 Å². The number of aromatic nitrogens is 1. The van der Waals surface area contributed by atoms with Crippen molar-refractivity contribution in [2.45, 2.75) is 31.3 Å².